The van der Waals surface area contributed by atoms with Crippen LogP contribution in [-0.4, -0.2) is 12.4 Å². The molecule has 0 unspecified atom stereocenters. The van der Waals surface area contributed by atoms with Crippen LogP contribution in [0.15, 0.2) is 0 Å². The Bertz CT molecular complexity index is 50.0. The maximum absolute atomic E-state index is 6.50. The first-order valence-corrected chi connectivity index (χ1v) is 1.59. The van der Waals surface area contributed by atoms with Gasteiger partial charge in [-0.2, -0.15) is 0 Å². The first kappa shape index (κ1) is 5.43. The van der Waals surface area contributed by atoms with E-state index in [4.69, 9.17) is 16.9 Å². The predicted molar refractivity (Wildman–Crippen MR) is 24.2 cm³/mol. The lowest BCUT2D eigenvalue weighted by Crippen LogP contribution is -2.12. The molecule has 3 nitrogen and oxygen atoms in total. The van der Waals surface area contributed by atoms with Crippen LogP contribution in [0.5, 0.6) is 0 Å². The molecule has 0 aromatic rings. The lowest BCUT2D eigenvalue weighted by atomic mass is 10.4. The van der Waals surface area contributed by atoms with Crippen molar-refractivity contribution >= 4 is 5.84 Å². The molecule has 3 heteroatoms. The largest absolute Gasteiger partial charge is 0.387 e. The molecular weight excluding hydrogens is 78.1 g/mol. The Morgan fingerprint density at radius 2 is 2.33 bits per heavy atom. The molecule has 4 N–H and O–H groups in total. The molecule has 2 radical (unpaired) electrons. The third-order valence-electron chi connectivity index (χ3n) is 0.322. The zero-order valence-corrected chi connectivity index (χ0v) is 3.36. The molecule has 0 bridgehead atoms. The van der Waals surface area contributed by atoms with Crippen LogP contribution in [0.1, 0.15) is 0 Å². The SMILES string of the molecule is [NH]C[CH]C(=N)N. The van der Waals surface area contributed by atoms with Gasteiger partial charge in [0, 0.05) is 13.0 Å². The summed E-state index contributed by atoms with van der Waals surface area (Å²) in [4.78, 5) is 0. The normalized spacial score (nSPS) is 8.17. The van der Waals surface area contributed by atoms with Crippen LogP contribution < -0.4 is 11.5 Å². The highest BCUT2D eigenvalue weighted by Gasteiger charge is 1.80. The summed E-state index contributed by atoms with van der Waals surface area (Å²) in [6.07, 6.45) is 1.32. The monoisotopic (exact) mass is 85.1 g/mol. The molecule has 0 amide bonds. The van der Waals surface area contributed by atoms with Crippen molar-refractivity contribution in [2.75, 3.05) is 6.54 Å². The standard InChI is InChI=1S/C3H7N3/c4-2-1-3(5)6/h1,4H,2H2,(H3,5,6). The highest BCUT2D eigenvalue weighted by Crippen LogP contribution is 1.64. The van der Waals surface area contributed by atoms with Crippen molar-refractivity contribution in [1.29, 1.82) is 5.41 Å². The Labute approximate surface area is 36.8 Å². The maximum atomic E-state index is 6.50. The van der Waals surface area contributed by atoms with Crippen LogP contribution in [-0.2, 0) is 0 Å². The molecule has 0 atom stereocenters. The molecule has 0 aliphatic carbocycles. The quantitative estimate of drug-likeness (QED) is 0.341. The van der Waals surface area contributed by atoms with E-state index in [1.54, 1.807) is 0 Å². The third-order valence-corrected chi connectivity index (χ3v) is 0.322. The average molecular weight is 85.1 g/mol. The fourth-order valence-corrected chi connectivity index (χ4v) is 0.110. The van der Waals surface area contributed by atoms with E-state index in [9.17, 15) is 0 Å². The van der Waals surface area contributed by atoms with Gasteiger partial charge >= 0.3 is 0 Å². The van der Waals surface area contributed by atoms with Gasteiger partial charge in [-0.15, -0.1) is 0 Å². The highest BCUT2D eigenvalue weighted by molar-refractivity contribution is 5.85. The van der Waals surface area contributed by atoms with Gasteiger partial charge in [0.2, 0.25) is 0 Å². The van der Waals surface area contributed by atoms with Gasteiger partial charge in [-0.05, 0) is 0 Å². The van der Waals surface area contributed by atoms with Crippen molar-refractivity contribution in [2.45, 2.75) is 0 Å². The lowest BCUT2D eigenvalue weighted by molar-refractivity contribution is 1.14. The van der Waals surface area contributed by atoms with Crippen molar-refractivity contribution in [3.05, 3.63) is 6.42 Å². The summed E-state index contributed by atoms with van der Waals surface area (Å²) in [6, 6.07) is 0. The van der Waals surface area contributed by atoms with Gasteiger partial charge in [-0.25, -0.2) is 0 Å². The van der Waals surface area contributed by atoms with E-state index < -0.39 is 0 Å². The van der Waals surface area contributed by atoms with Crippen LogP contribution in [0, 0.1) is 11.8 Å². The zero-order chi connectivity index (χ0) is 4.99. The summed E-state index contributed by atoms with van der Waals surface area (Å²) in [5.74, 6) is -0.0231. The van der Waals surface area contributed by atoms with Gasteiger partial charge < -0.3 is 5.73 Å². The second kappa shape index (κ2) is 2.66. The fourth-order valence-electron chi connectivity index (χ4n) is 0.110. The Morgan fingerprint density at radius 1 is 1.83 bits per heavy atom. The molecule has 0 aliphatic heterocycles. The van der Waals surface area contributed by atoms with Crippen LogP contribution in [0.4, 0.5) is 0 Å². The molecule has 0 saturated heterocycles. The average Bonchev–Trinajstić information content (AvgIpc) is 1.35. The van der Waals surface area contributed by atoms with Gasteiger partial charge in [-0.1, -0.05) is 0 Å². The maximum Gasteiger partial charge on any atom is 0.0958 e. The molecule has 0 saturated carbocycles. The van der Waals surface area contributed by atoms with E-state index in [0.29, 0.717) is 0 Å². The molecule has 34 valence electrons. The summed E-state index contributed by atoms with van der Waals surface area (Å²) in [5, 5.41) is 6.50. The first-order valence-electron chi connectivity index (χ1n) is 1.59. The smallest absolute Gasteiger partial charge is 0.0958 e. The summed E-state index contributed by atoms with van der Waals surface area (Å²) in [6.45, 7) is 0.106. The molecule has 0 aromatic heterocycles. The minimum Gasteiger partial charge on any atom is -0.387 e. The summed E-state index contributed by atoms with van der Waals surface area (Å²) in [5.41, 5.74) is 11.3. The van der Waals surface area contributed by atoms with Crippen molar-refractivity contribution in [2.24, 2.45) is 5.73 Å². The summed E-state index contributed by atoms with van der Waals surface area (Å²) >= 11 is 0. The minimum absolute atomic E-state index is 0.0231. The molecule has 0 aliphatic rings. The van der Waals surface area contributed by atoms with Gasteiger partial charge in [0.15, 0.2) is 0 Å². The van der Waals surface area contributed by atoms with Crippen LogP contribution in [0.3, 0.4) is 0 Å². The van der Waals surface area contributed by atoms with Crippen molar-refractivity contribution in [3.63, 3.8) is 0 Å². The number of hydrogen-bond donors (Lipinski definition) is 2. The second-order valence-corrected chi connectivity index (χ2v) is 0.864. The van der Waals surface area contributed by atoms with E-state index >= 15 is 0 Å². The van der Waals surface area contributed by atoms with E-state index in [1.807, 2.05) is 0 Å². The Balaban J connectivity index is 2.83. The molecule has 6 heavy (non-hydrogen) atoms. The number of amidine groups is 1. The van der Waals surface area contributed by atoms with E-state index in [-0.39, 0.29) is 12.4 Å². The van der Waals surface area contributed by atoms with Crippen molar-refractivity contribution in [1.82, 2.24) is 5.73 Å². The van der Waals surface area contributed by atoms with E-state index in [0.717, 1.165) is 0 Å². The van der Waals surface area contributed by atoms with Crippen LogP contribution >= 0.6 is 0 Å². The van der Waals surface area contributed by atoms with Crippen LogP contribution in [0.2, 0.25) is 0 Å². The molecule has 0 rings (SSSR count). The van der Waals surface area contributed by atoms with E-state index in [1.165, 1.54) is 6.42 Å². The van der Waals surface area contributed by atoms with Crippen molar-refractivity contribution < 1.29 is 0 Å². The molecular formula is C3H7N3. The summed E-state index contributed by atoms with van der Waals surface area (Å²) < 4.78 is 0. The molecule has 0 spiro atoms. The zero-order valence-electron chi connectivity index (χ0n) is 3.36. The first-order chi connectivity index (χ1) is 2.77. The van der Waals surface area contributed by atoms with Gasteiger partial charge in [0.1, 0.15) is 0 Å². The highest BCUT2D eigenvalue weighted by atomic mass is 14.7. The van der Waals surface area contributed by atoms with Gasteiger partial charge in [0.05, 0.1) is 5.84 Å². The summed E-state index contributed by atoms with van der Waals surface area (Å²) in [7, 11) is 0. The number of nitrogens with two attached hydrogens (primary N) is 1. The molecule has 0 fully saturated rings. The predicted octanol–water partition coefficient (Wildman–Crippen LogP) is -0.590. The van der Waals surface area contributed by atoms with E-state index in [2.05, 4.69) is 0 Å². The Hall–Kier alpha value is -0.570. The number of hydrogen-bond acceptors (Lipinski definition) is 1. The van der Waals surface area contributed by atoms with Crippen molar-refractivity contribution in [3.8, 4) is 0 Å². The topological polar surface area (TPSA) is 73.7 Å². The second-order valence-electron chi connectivity index (χ2n) is 0.864. The molecule has 0 aromatic carbocycles. The minimum atomic E-state index is -0.0231. The third kappa shape index (κ3) is 3.43. The Kier molecular flexibility index (Phi) is 2.40. The van der Waals surface area contributed by atoms with Gasteiger partial charge in [0.25, 0.3) is 0 Å². The van der Waals surface area contributed by atoms with Crippen LogP contribution in [0.25, 0.3) is 0 Å². The lowest BCUT2D eigenvalue weighted by Gasteiger charge is -1.84. The van der Waals surface area contributed by atoms with Gasteiger partial charge in [-0.3, -0.25) is 11.1 Å². The molecule has 0 heterocycles. The Morgan fingerprint density at radius 3 is 2.33 bits per heavy atom. The number of nitrogens with one attached hydrogen (secondary N) is 2. The fraction of sp³-hybridized carbons (Fsp3) is 0.333. The number of rotatable bonds is 2.